The van der Waals surface area contributed by atoms with Crippen LogP contribution in [0.25, 0.3) is 0 Å². The second-order valence-corrected chi connectivity index (χ2v) is 7.30. The molecule has 4 nitrogen and oxygen atoms in total. The lowest BCUT2D eigenvalue weighted by atomic mass is 9.96. The number of likely N-dealkylation sites (N-methyl/N-ethyl adjacent to an activating group) is 1. The van der Waals surface area contributed by atoms with E-state index in [2.05, 4.69) is 48.0 Å². The van der Waals surface area contributed by atoms with E-state index < -0.39 is 0 Å². The molecule has 5 heteroatoms. The zero-order valence-electron chi connectivity index (χ0n) is 14.0. The molecule has 1 N–H and O–H groups in total. The van der Waals surface area contributed by atoms with Crippen LogP contribution in [-0.4, -0.2) is 49.2 Å². The van der Waals surface area contributed by atoms with E-state index in [0.717, 1.165) is 31.3 Å². The van der Waals surface area contributed by atoms with E-state index in [1.54, 1.807) is 0 Å². The van der Waals surface area contributed by atoms with Gasteiger partial charge >= 0.3 is 0 Å². The quantitative estimate of drug-likeness (QED) is 0.800. The van der Waals surface area contributed by atoms with Gasteiger partial charge in [-0.3, -0.25) is 0 Å². The van der Waals surface area contributed by atoms with E-state index in [9.17, 15) is 0 Å². The van der Waals surface area contributed by atoms with Gasteiger partial charge in [0.15, 0.2) is 5.13 Å². The summed E-state index contributed by atoms with van der Waals surface area (Å²) in [6.07, 6.45) is 7.40. The summed E-state index contributed by atoms with van der Waals surface area (Å²) in [6.45, 7) is 8.45. The molecular formula is C16H30N4S. The number of anilines is 1. The molecule has 0 saturated heterocycles. The number of hydrogen-bond donors (Lipinski definition) is 1. The Morgan fingerprint density at radius 1 is 1.24 bits per heavy atom. The van der Waals surface area contributed by atoms with Crippen LogP contribution in [0.2, 0.25) is 0 Å². The maximum absolute atomic E-state index is 4.56. The highest BCUT2D eigenvalue weighted by molar-refractivity contribution is 7.15. The first-order valence-electron chi connectivity index (χ1n) is 8.19. The number of thiazole rings is 1. The maximum atomic E-state index is 4.56. The van der Waals surface area contributed by atoms with Crippen molar-refractivity contribution in [1.29, 1.82) is 0 Å². The summed E-state index contributed by atoms with van der Waals surface area (Å²) in [5.74, 6) is 0. The summed E-state index contributed by atoms with van der Waals surface area (Å²) < 4.78 is 0. The zero-order chi connectivity index (χ0) is 15.3. The van der Waals surface area contributed by atoms with Crippen LogP contribution in [0.1, 0.15) is 44.4 Å². The fraction of sp³-hybridized carbons (Fsp3) is 0.812. The predicted molar refractivity (Wildman–Crippen MR) is 92.3 cm³/mol. The third-order valence-electron chi connectivity index (χ3n) is 4.81. The maximum Gasteiger partial charge on any atom is 0.185 e. The van der Waals surface area contributed by atoms with Crippen LogP contribution in [0.15, 0.2) is 6.20 Å². The Morgan fingerprint density at radius 3 is 2.48 bits per heavy atom. The Labute approximate surface area is 133 Å². The lowest BCUT2D eigenvalue weighted by Crippen LogP contribution is -2.49. The highest BCUT2D eigenvalue weighted by atomic mass is 32.1. The van der Waals surface area contributed by atoms with Crippen molar-refractivity contribution in [2.75, 3.05) is 38.6 Å². The minimum Gasteiger partial charge on any atom is -0.349 e. The van der Waals surface area contributed by atoms with Crippen LogP contribution in [0, 0.1) is 0 Å². The smallest absolute Gasteiger partial charge is 0.185 e. The minimum absolute atomic E-state index is 0.367. The predicted octanol–water partition coefficient (Wildman–Crippen LogP) is 2.95. The van der Waals surface area contributed by atoms with E-state index in [4.69, 9.17) is 0 Å². The molecule has 21 heavy (non-hydrogen) atoms. The van der Waals surface area contributed by atoms with Gasteiger partial charge in [0, 0.05) is 42.8 Å². The summed E-state index contributed by atoms with van der Waals surface area (Å²) >= 11 is 1.82. The molecule has 1 heterocycles. The van der Waals surface area contributed by atoms with Gasteiger partial charge in [-0.15, -0.1) is 11.3 Å². The standard InChI is InChI=1S/C16H30N4S/c1-5-20(6-2)15-18-12-14(21-15)11-17-13-16(19(3)4)9-7-8-10-16/h12,17H,5-11,13H2,1-4H3. The average Bonchev–Trinajstić information content (AvgIpc) is 3.11. The summed E-state index contributed by atoms with van der Waals surface area (Å²) in [7, 11) is 4.44. The Bertz CT molecular complexity index is 420. The molecule has 0 atom stereocenters. The van der Waals surface area contributed by atoms with Crippen LogP contribution < -0.4 is 10.2 Å². The van der Waals surface area contributed by atoms with Crippen molar-refractivity contribution < 1.29 is 0 Å². The molecule has 1 aliphatic rings. The fourth-order valence-corrected chi connectivity index (χ4v) is 4.26. The molecule has 0 unspecified atom stereocenters. The average molecular weight is 311 g/mol. The van der Waals surface area contributed by atoms with E-state index in [0.29, 0.717) is 5.54 Å². The highest BCUT2D eigenvalue weighted by Crippen LogP contribution is 2.33. The molecule has 0 spiro atoms. The number of aromatic nitrogens is 1. The van der Waals surface area contributed by atoms with Crippen LogP contribution in [0.4, 0.5) is 5.13 Å². The number of rotatable bonds is 8. The van der Waals surface area contributed by atoms with Crippen LogP contribution in [0.3, 0.4) is 0 Å². The summed E-state index contributed by atoms with van der Waals surface area (Å²) in [5, 5.41) is 4.82. The topological polar surface area (TPSA) is 31.4 Å². The monoisotopic (exact) mass is 310 g/mol. The fourth-order valence-electron chi connectivity index (χ4n) is 3.25. The first-order valence-corrected chi connectivity index (χ1v) is 9.00. The van der Waals surface area contributed by atoms with Gasteiger partial charge in [-0.1, -0.05) is 12.8 Å². The molecule has 0 radical (unpaired) electrons. The second-order valence-electron chi connectivity index (χ2n) is 6.21. The van der Waals surface area contributed by atoms with Gasteiger partial charge in [0.2, 0.25) is 0 Å². The van der Waals surface area contributed by atoms with Crippen LogP contribution >= 0.6 is 11.3 Å². The Hall–Kier alpha value is -0.650. The lowest BCUT2D eigenvalue weighted by Gasteiger charge is -2.36. The molecule has 1 saturated carbocycles. The van der Waals surface area contributed by atoms with Gasteiger partial charge in [-0.25, -0.2) is 4.98 Å². The minimum atomic E-state index is 0.367. The van der Waals surface area contributed by atoms with Crippen molar-refractivity contribution in [1.82, 2.24) is 15.2 Å². The highest BCUT2D eigenvalue weighted by Gasteiger charge is 2.35. The Balaban J connectivity index is 1.86. The largest absolute Gasteiger partial charge is 0.349 e. The third kappa shape index (κ3) is 3.96. The van der Waals surface area contributed by atoms with Crippen LogP contribution in [0.5, 0.6) is 0 Å². The molecule has 0 bridgehead atoms. The van der Waals surface area contributed by atoms with Gasteiger partial charge in [-0.05, 0) is 40.8 Å². The molecule has 2 rings (SSSR count). The van der Waals surface area contributed by atoms with Crippen molar-refractivity contribution in [2.45, 2.75) is 51.6 Å². The number of nitrogens with one attached hydrogen (secondary N) is 1. The molecule has 0 amide bonds. The molecule has 0 aliphatic heterocycles. The molecule has 1 aromatic heterocycles. The lowest BCUT2D eigenvalue weighted by molar-refractivity contribution is 0.154. The Morgan fingerprint density at radius 2 is 1.90 bits per heavy atom. The third-order valence-corrected chi connectivity index (χ3v) is 5.87. The van der Waals surface area contributed by atoms with Gasteiger partial charge in [0.25, 0.3) is 0 Å². The SMILES string of the molecule is CCN(CC)c1ncc(CNCC2(N(C)C)CCCC2)s1. The summed E-state index contributed by atoms with van der Waals surface area (Å²) in [4.78, 5) is 10.6. The van der Waals surface area contributed by atoms with Crippen molar-refractivity contribution in [2.24, 2.45) is 0 Å². The molecule has 1 aliphatic carbocycles. The summed E-state index contributed by atoms with van der Waals surface area (Å²) in [6, 6.07) is 0. The van der Waals surface area contributed by atoms with Gasteiger partial charge in [-0.2, -0.15) is 0 Å². The van der Waals surface area contributed by atoms with Crippen molar-refractivity contribution in [3.63, 3.8) is 0 Å². The van der Waals surface area contributed by atoms with Crippen molar-refractivity contribution in [3.05, 3.63) is 11.1 Å². The normalized spacial score (nSPS) is 17.6. The molecule has 0 aromatic carbocycles. The second kappa shape index (κ2) is 7.56. The van der Waals surface area contributed by atoms with Crippen molar-refractivity contribution in [3.8, 4) is 0 Å². The number of nitrogens with zero attached hydrogens (tertiary/aromatic N) is 3. The molecule has 1 aromatic rings. The number of hydrogen-bond acceptors (Lipinski definition) is 5. The Kier molecular flexibility index (Phi) is 6.02. The molecular weight excluding hydrogens is 280 g/mol. The van der Waals surface area contributed by atoms with Gasteiger partial charge in [0.1, 0.15) is 0 Å². The van der Waals surface area contributed by atoms with Gasteiger partial charge < -0.3 is 15.1 Å². The van der Waals surface area contributed by atoms with E-state index in [-0.39, 0.29) is 0 Å². The van der Waals surface area contributed by atoms with E-state index >= 15 is 0 Å². The first kappa shape index (κ1) is 16.7. The molecule has 120 valence electrons. The van der Waals surface area contributed by atoms with E-state index in [1.807, 2.05) is 17.5 Å². The van der Waals surface area contributed by atoms with Crippen LogP contribution in [-0.2, 0) is 6.54 Å². The van der Waals surface area contributed by atoms with Gasteiger partial charge in [0.05, 0.1) is 0 Å². The zero-order valence-corrected chi connectivity index (χ0v) is 14.8. The molecule has 1 fully saturated rings. The van der Waals surface area contributed by atoms with E-state index in [1.165, 1.54) is 30.6 Å². The van der Waals surface area contributed by atoms with Crippen molar-refractivity contribution >= 4 is 16.5 Å². The first-order chi connectivity index (χ1) is 10.1. The summed E-state index contributed by atoms with van der Waals surface area (Å²) in [5.41, 5.74) is 0.367.